The number of hydrogen-bond donors (Lipinski definition) is 2. The zero-order chi connectivity index (χ0) is 9.14. The van der Waals surface area contributed by atoms with Crippen LogP contribution in [0.2, 0.25) is 5.02 Å². The van der Waals surface area contributed by atoms with E-state index in [9.17, 15) is 0 Å². The zero-order valence-corrected chi connectivity index (χ0v) is 8.83. The van der Waals surface area contributed by atoms with Gasteiger partial charge in [0.1, 0.15) is 0 Å². The standard InChI is InChI=1S/C8H8BrClN2/c1-12-7-3-2-6(9)8(10)5(7)4-11/h2-4,11-12H,1H3. The Labute approximate surface area is 84.6 Å². The molecule has 12 heavy (non-hydrogen) atoms. The quantitative estimate of drug-likeness (QED) is 0.774. The van der Waals surface area contributed by atoms with E-state index in [2.05, 4.69) is 21.2 Å². The van der Waals surface area contributed by atoms with Gasteiger partial charge in [0.05, 0.1) is 5.02 Å². The van der Waals surface area contributed by atoms with E-state index in [1.54, 1.807) is 7.05 Å². The molecule has 0 saturated heterocycles. The molecule has 1 rings (SSSR count). The maximum Gasteiger partial charge on any atom is 0.0656 e. The molecular formula is C8H8BrClN2. The summed E-state index contributed by atoms with van der Waals surface area (Å²) in [5.41, 5.74) is 1.56. The van der Waals surface area contributed by atoms with Gasteiger partial charge in [-0.3, -0.25) is 0 Å². The van der Waals surface area contributed by atoms with Crippen molar-refractivity contribution in [2.45, 2.75) is 0 Å². The SMILES string of the molecule is CNc1ccc(Br)c(Cl)c1C=N. The maximum absolute atomic E-state index is 7.16. The van der Waals surface area contributed by atoms with Gasteiger partial charge in [-0.25, -0.2) is 0 Å². The molecule has 0 aliphatic rings. The Morgan fingerprint density at radius 2 is 2.25 bits per heavy atom. The van der Waals surface area contributed by atoms with Gasteiger partial charge >= 0.3 is 0 Å². The van der Waals surface area contributed by atoms with Crippen LogP contribution in [0, 0.1) is 5.41 Å². The molecular weight excluding hydrogens is 239 g/mol. The highest BCUT2D eigenvalue weighted by Gasteiger charge is 2.06. The summed E-state index contributed by atoms with van der Waals surface area (Å²) in [5.74, 6) is 0. The molecule has 0 amide bonds. The normalized spacial score (nSPS) is 9.58. The zero-order valence-electron chi connectivity index (χ0n) is 6.49. The Balaban J connectivity index is 3.35. The Bertz CT molecular complexity index is 312. The highest BCUT2D eigenvalue weighted by atomic mass is 79.9. The molecule has 2 nitrogen and oxygen atoms in total. The molecule has 1 aromatic rings. The predicted octanol–water partition coefficient (Wildman–Crippen LogP) is 3.14. The molecule has 0 saturated carbocycles. The molecule has 0 bridgehead atoms. The molecule has 0 aliphatic heterocycles. The van der Waals surface area contributed by atoms with Crippen molar-refractivity contribution in [2.75, 3.05) is 12.4 Å². The Morgan fingerprint density at radius 3 is 2.75 bits per heavy atom. The van der Waals surface area contributed by atoms with Crippen LogP contribution in [0.1, 0.15) is 5.56 Å². The second kappa shape index (κ2) is 3.92. The van der Waals surface area contributed by atoms with E-state index in [-0.39, 0.29) is 0 Å². The maximum atomic E-state index is 7.16. The van der Waals surface area contributed by atoms with Crippen molar-refractivity contribution in [1.29, 1.82) is 5.41 Å². The summed E-state index contributed by atoms with van der Waals surface area (Å²) >= 11 is 9.23. The summed E-state index contributed by atoms with van der Waals surface area (Å²) in [4.78, 5) is 0. The van der Waals surface area contributed by atoms with E-state index < -0.39 is 0 Å². The number of hydrogen-bond acceptors (Lipinski definition) is 2. The highest BCUT2D eigenvalue weighted by Crippen LogP contribution is 2.30. The van der Waals surface area contributed by atoms with Crippen molar-refractivity contribution < 1.29 is 0 Å². The third kappa shape index (κ3) is 1.62. The van der Waals surface area contributed by atoms with E-state index in [0.29, 0.717) is 10.6 Å². The fourth-order valence-corrected chi connectivity index (χ4v) is 1.49. The number of anilines is 1. The fourth-order valence-electron chi connectivity index (χ4n) is 0.925. The Kier molecular flexibility index (Phi) is 3.12. The van der Waals surface area contributed by atoms with Gasteiger partial charge in [0, 0.05) is 29.0 Å². The van der Waals surface area contributed by atoms with Crippen LogP contribution in [-0.4, -0.2) is 13.3 Å². The summed E-state index contributed by atoms with van der Waals surface area (Å²) in [6.45, 7) is 0. The van der Waals surface area contributed by atoms with E-state index in [4.69, 9.17) is 17.0 Å². The molecule has 4 heteroatoms. The first-order valence-electron chi connectivity index (χ1n) is 3.37. The first-order chi connectivity index (χ1) is 5.70. The first kappa shape index (κ1) is 9.55. The van der Waals surface area contributed by atoms with Gasteiger partial charge in [-0.05, 0) is 28.1 Å². The molecule has 0 aromatic heterocycles. The minimum Gasteiger partial charge on any atom is -0.388 e. The Hall–Kier alpha value is -0.540. The number of nitrogens with one attached hydrogen (secondary N) is 2. The average Bonchev–Trinajstić information content (AvgIpc) is 2.09. The molecule has 0 heterocycles. The fraction of sp³-hybridized carbons (Fsp3) is 0.125. The third-order valence-corrected chi connectivity index (χ3v) is 2.84. The van der Waals surface area contributed by atoms with Gasteiger partial charge in [0.25, 0.3) is 0 Å². The van der Waals surface area contributed by atoms with Crippen LogP contribution in [0.4, 0.5) is 5.69 Å². The van der Waals surface area contributed by atoms with Crippen LogP contribution < -0.4 is 5.32 Å². The molecule has 0 aliphatic carbocycles. The molecule has 0 atom stereocenters. The number of rotatable bonds is 2. The van der Waals surface area contributed by atoms with Crippen molar-refractivity contribution in [1.82, 2.24) is 0 Å². The smallest absolute Gasteiger partial charge is 0.0656 e. The molecule has 64 valence electrons. The molecule has 2 N–H and O–H groups in total. The van der Waals surface area contributed by atoms with Gasteiger partial charge in [-0.1, -0.05) is 11.6 Å². The minimum atomic E-state index is 0.567. The lowest BCUT2D eigenvalue weighted by Gasteiger charge is -2.07. The van der Waals surface area contributed by atoms with Gasteiger partial charge in [0.15, 0.2) is 0 Å². The van der Waals surface area contributed by atoms with Crippen LogP contribution in [0.3, 0.4) is 0 Å². The molecule has 0 fully saturated rings. The summed E-state index contributed by atoms with van der Waals surface area (Å²) in [6, 6.07) is 3.72. The second-order valence-electron chi connectivity index (χ2n) is 2.22. The van der Waals surface area contributed by atoms with Crippen molar-refractivity contribution in [3.05, 3.63) is 27.2 Å². The highest BCUT2D eigenvalue weighted by molar-refractivity contribution is 9.10. The molecule has 0 radical (unpaired) electrons. The number of benzene rings is 1. The van der Waals surface area contributed by atoms with Crippen LogP contribution in [0.15, 0.2) is 16.6 Å². The van der Waals surface area contributed by atoms with Gasteiger partial charge in [0.2, 0.25) is 0 Å². The summed E-state index contributed by atoms with van der Waals surface area (Å²) in [7, 11) is 1.80. The average molecular weight is 248 g/mol. The Morgan fingerprint density at radius 1 is 1.58 bits per heavy atom. The molecule has 0 spiro atoms. The third-order valence-electron chi connectivity index (χ3n) is 1.55. The van der Waals surface area contributed by atoms with Crippen molar-refractivity contribution in [3.63, 3.8) is 0 Å². The van der Waals surface area contributed by atoms with Gasteiger partial charge in [-0.15, -0.1) is 0 Å². The van der Waals surface area contributed by atoms with Crippen molar-refractivity contribution in [2.24, 2.45) is 0 Å². The summed E-state index contributed by atoms with van der Waals surface area (Å²) in [5, 5.41) is 10.7. The van der Waals surface area contributed by atoms with Crippen molar-refractivity contribution in [3.8, 4) is 0 Å². The van der Waals surface area contributed by atoms with E-state index in [0.717, 1.165) is 10.2 Å². The minimum absolute atomic E-state index is 0.567. The monoisotopic (exact) mass is 246 g/mol. The predicted molar refractivity (Wildman–Crippen MR) is 56.6 cm³/mol. The largest absolute Gasteiger partial charge is 0.388 e. The second-order valence-corrected chi connectivity index (χ2v) is 3.45. The number of halogens is 2. The lowest BCUT2D eigenvalue weighted by molar-refractivity contribution is 1.46. The van der Waals surface area contributed by atoms with E-state index >= 15 is 0 Å². The molecule has 1 aromatic carbocycles. The lowest BCUT2D eigenvalue weighted by Crippen LogP contribution is -1.95. The molecule has 0 unspecified atom stereocenters. The van der Waals surface area contributed by atoms with E-state index in [1.165, 1.54) is 6.21 Å². The van der Waals surface area contributed by atoms with Crippen LogP contribution in [0.5, 0.6) is 0 Å². The lowest BCUT2D eigenvalue weighted by atomic mass is 10.2. The van der Waals surface area contributed by atoms with Crippen LogP contribution in [0.25, 0.3) is 0 Å². The van der Waals surface area contributed by atoms with E-state index in [1.807, 2.05) is 12.1 Å². The van der Waals surface area contributed by atoms with Crippen LogP contribution in [-0.2, 0) is 0 Å². The summed E-state index contributed by atoms with van der Waals surface area (Å²) < 4.78 is 0.807. The topological polar surface area (TPSA) is 35.9 Å². The van der Waals surface area contributed by atoms with Gasteiger partial charge < -0.3 is 10.7 Å². The van der Waals surface area contributed by atoms with Crippen LogP contribution >= 0.6 is 27.5 Å². The van der Waals surface area contributed by atoms with Crippen molar-refractivity contribution >= 4 is 39.4 Å². The summed E-state index contributed by atoms with van der Waals surface area (Å²) in [6.07, 6.45) is 1.24. The first-order valence-corrected chi connectivity index (χ1v) is 4.54. The van der Waals surface area contributed by atoms with Gasteiger partial charge in [-0.2, -0.15) is 0 Å².